The van der Waals surface area contributed by atoms with Crippen LogP contribution in [0.2, 0.25) is 0 Å². The molecule has 4 heteroatoms. The third kappa shape index (κ3) is 2.97. The number of anilines is 1. The summed E-state index contributed by atoms with van der Waals surface area (Å²) in [6, 6.07) is 12.3. The number of rotatable bonds is 3. The van der Waals surface area contributed by atoms with Gasteiger partial charge in [-0.1, -0.05) is 24.3 Å². The highest BCUT2D eigenvalue weighted by Gasteiger charge is 2.18. The Bertz CT molecular complexity index is 963. The number of aromatic nitrogens is 2. The number of hydrogen-bond donors (Lipinski definition) is 1. The summed E-state index contributed by atoms with van der Waals surface area (Å²) in [5.74, 6) is 0.592. The van der Waals surface area contributed by atoms with E-state index in [1.807, 2.05) is 44.4 Å². The molecule has 2 heterocycles. The molecule has 3 aromatic rings. The van der Waals surface area contributed by atoms with Gasteiger partial charge in [-0.3, -0.25) is 4.98 Å². The monoisotopic (exact) mass is 328 g/mol. The molecular formula is C21H20N4. The van der Waals surface area contributed by atoms with Crippen molar-refractivity contribution in [2.24, 2.45) is 0 Å². The number of nitriles is 1. The molecule has 2 aromatic heterocycles. The maximum Gasteiger partial charge on any atom is 0.144 e. The predicted molar refractivity (Wildman–Crippen MR) is 101 cm³/mol. The Morgan fingerprint density at radius 3 is 2.24 bits per heavy atom. The van der Waals surface area contributed by atoms with Crippen LogP contribution in [-0.2, 0) is 0 Å². The lowest BCUT2D eigenvalue weighted by molar-refractivity contribution is 1.21. The van der Waals surface area contributed by atoms with E-state index in [9.17, 15) is 5.26 Å². The van der Waals surface area contributed by atoms with E-state index in [2.05, 4.69) is 35.4 Å². The van der Waals surface area contributed by atoms with Crippen molar-refractivity contribution in [1.29, 1.82) is 5.26 Å². The van der Waals surface area contributed by atoms with Crippen LogP contribution in [0.3, 0.4) is 0 Å². The summed E-state index contributed by atoms with van der Waals surface area (Å²) < 4.78 is 0. The standard InChI is InChI=1S/C21H20N4/c1-13-7-5-6-8-17(13)20-18(9-16(10-22)21(23-4)25-20)19-14(2)11-24-12-15(19)3/h5-9,11-12H,1-4H3,(H,23,25). The molecule has 0 unspecified atom stereocenters. The number of benzene rings is 1. The molecule has 0 saturated carbocycles. The van der Waals surface area contributed by atoms with Gasteiger partial charge in [-0.15, -0.1) is 0 Å². The maximum absolute atomic E-state index is 9.53. The minimum absolute atomic E-state index is 0.533. The summed E-state index contributed by atoms with van der Waals surface area (Å²) in [6.07, 6.45) is 3.70. The van der Waals surface area contributed by atoms with Crippen LogP contribution in [0.5, 0.6) is 0 Å². The average Bonchev–Trinajstić information content (AvgIpc) is 2.61. The topological polar surface area (TPSA) is 61.6 Å². The number of pyridine rings is 2. The van der Waals surface area contributed by atoms with Gasteiger partial charge in [0.2, 0.25) is 0 Å². The molecule has 0 aliphatic heterocycles. The van der Waals surface area contributed by atoms with Crippen LogP contribution in [0.25, 0.3) is 22.4 Å². The first-order chi connectivity index (χ1) is 12.1. The van der Waals surface area contributed by atoms with E-state index in [4.69, 9.17) is 4.98 Å². The fraction of sp³-hybridized carbons (Fsp3) is 0.190. The molecule has 25 heavy (non-hydrogen) atoms. The molecule has 0 amide bonds. The second kappa shape index (κ2) is 6.74. The molecule has 0 atom stereocenters. The van der Waals surface area contributed by atoms with Crippen LogP contribution in [0.1, 0.15) is 22.3 Å². The van der Waals surface area contributed by atoms with E-state index in [-0.39, 0.29) is 0 Å². The third-order valence-electron chi connectivity index (χ3n) is 4.37. The van der Waals surface area contributed by atoms with Crippen LogP contribution in [0, 0.1) is 32.1 Å². The molecule has 1 aromatic carbocycles. The minimum Gasteiger partial charge on any atom is -0.372 e. The zero-order valence-corrected chi connectivity index (χ0v) is 14.9. The van der Waals surface area contributed by atoms with Gasteiger partial charge < -0.3 is 5.32 Å². The summed E-state index contributed by atoms with van der Waals surface area (Å²) in [5.41, 5.74) is 7.79. The van der Waals surface area contributed by atoms with Crippen molar-refractivity contribution in [2.45, 2.75) is 20.8 Å². The Kier molecular flexibility index (Phi) is 4.49. The third-order valence-corrected chi connectivity index (χ3v) is 4.37. The number of nitrogens with one attached hydrogen (secondary N) is 1. The van der Waals surface area contributed by atoms with E-state index in [0.29, 0.717) is 11.4 Å². The maximum atomic E-state index is 9.53. The normalized spacial score (nSPS) is 10.4. The fourth-order valence-electron chi connectivity index (χ4n) is 3.15. The van der Waals surface area contributed by atoms with E-state index in [1.165, 1.54) is 0 Å². The number of aryl methyl sites for hydroxylation is 3. The average molecular weight is 328 g/mol. The first kappa shape index (κ1) is 16.7. The molecular weight excluding hydrogens is 308 g/mol. The predicted octanol–water partition coefficient (Wildman–Crippen LogP) is 4.65. The molecule has 0 aliphatic carbocycles. The van der Waals surface area contributed by atoms with Crippen LogP contribution in [0.4, 0.5) is 5.82 Å². The summed E-state index contributed by atoms with van der Waals surface area (Å²) in [7, 11) is 1.79. The SMILES string of the molecule is CNc1nc(-c2ccccc2C)c(-c2c(C)cncc2C)cc1C#N. The first-order valence-corrected chi connectivity index (χ1v) is 8.17. The van der Waals surface area contributed by atoms with Crippen molar-refractivity contribution < 1.29 is 0 Å². The lowest BCUT2D eigenvalue weighted by atomic mass is 9.91. The first-order valence-electron chi connectivity index (χ1n) is 8.17. The largest absolute Gasteiger partial charge is 0.372 e. The van der Waals surface area contributed by atoms with Gasteiger partial charge >= 0.3 is 0 Å². The Balaban J connectivity index is 2.42. The van der Waals surface area contributed by atoms with Crippen molar-refractivity contribution in [3.63, 3.8) is 0 Å². The quantitative estimate of drug-likeness (QED) is 0.760. The van der Waals surface area contributed by atoms with Gasteiger partial charge in [0.05, 0.1) is 11.3 Å². The zero-order valence-electron chi connectivity index (χ0n) is 14.9. The van der Waals surface area contributed by atoms with E-state index < -0.39 is 0 Å². The van der Waals surface area contributed by atoms with E-state index in [1.54, 1.807) is 7.05 Å². The van der Waals surface area contributed by atoms with Crippen LogP contribution < -0.4 is 5.32 Å². The molecule has 0 saturated heterocycles. The fourth-order valence-corrected chi connectivity index (χ4v) is 3.15. The Morgan fingerprint density at radius 1 is 0.960 bits per heavy atom. The van der Waals surface area contributed by atoms with Crippen LogP contribution >= 0.6 is 0 Å². The molecule has 0 radical (unpaired) electrons. The molecule has 0 aliphatic rings. The molecule has 3 rings (SSSR count). The van der Waals surface area contributed by atoms with Gasteiger partial charge in [0, 0.05) is 30.6 Å². The van der Waals surface area contributed by atoms with Crippen molar-refractivity contribution in [3.8, 4) is 28.5 Å². The van der Waals surface area contributed by atoms with Gasteiger partial charge in [-0.25, -0.2) is 4.98 Å². The van der Waals surface area contributed by atoms with Crippen molar-refractivity contribution in [1.82, 2.24) is 9.97 Å². The Morgan fingerprint density at radius 2 is 1.64 bits per heavy atom. The molecule has 0 fully saturated rings. The lowest BCUT2D eigenvalue weighted by Crippen LogP contribution is -2.02. The van der Waals surface area contributed by atoms with Crippen molar-refractivity contribution in [3.05, 3.63) is 65.0 Å². The summed E-state index contributed by atoms with van der Waals surface area (Å²) >= 11 is 0. The molecule has 1 N–H and O–H groups in total. The number of nitrogens with zero attached hydrogens (tertiary/aromatic N) is 3. The second-order valence-electron chi connectivity index (χ2n) is 6.11. The highest BCUT2D eigenvalue weighted by molar-refractivity contribution is 5.87. The zero-order chi connectivity index (χ0) is 18.0. The second-order valence-corrected chi connectivity index (χ2v) is 6.11. The van der Waals surface area contributed by atoms with Gasteiger partial charge in [0.15, 0.2) is 0 Å². The molecule has 0 bridgehead atoms. The van der Waals surface area contributed by atoms with Crippen molar-refractivity contribution in [2.75, 3.05) is 12.4 Å². The summed E-state index contributed by atoms with van der Waals surface area (Å²) in [6.45, 7) is 6.15. The number of hydrogen-bond acceptors (Lipinski definition) is 4. The minimum atomic E-state index is 0.533. The van der Waals surface area contributed by atoms with Gasteiger partial charge in [0.25, 0.3) is 0 Å². The molecule has 4 nitrogen and oxygen atoms in total. The van der Waals surface area contributed by atoms with E-state index in [0.717, 1.165) is 39.1 Å². The van der Waals surface area contributed by atoms with Crippen LogP contribution in [-0.4, -0.2) is 17.0 Å². The Hall–Kier alpha value is -3.19. The van der Waals surface area contributed by atoms with Gasteiger partial charge in [-0.05, 0) is 49.1 Å². The van der Waals surface area contributed by atoms with Crippen molar-refractivity contribution >= 4 is 5.82 Å². The van der Waals surface area contributed by atoms with Gasteiger partial charge in [0.1, 0.15) is 11.9 Å². The lowest BCUT2D eigenvalue weighted by Gasteiger charge is -2.17. The Labute approximate surface area is 148 Å². The van der Waals surface area contributed by atoms with Gasteiger partial charge in [-0.2, -0.15) is 5.26 Å². The molecule has 0 spiro atoms. The molecule has 124 valence electrons. The summed E-state index contributed by atoms with van der Waals surface area (Å²) in [5, 5.41) is 12.6. The summed E-state index contributed by atoms with van der Waals surface area (Å²) in [4.78, 5) is 9.07. The smallest absolute Gasteiger partial charge is 0.144 e. The van der Waals surface area contributed by atoms with Crippen LogP contribution in [0.15, 0.2) is 42.7 Å². The highest BCUT2D eigenvalue weighted by Crippen LogP contribution is 2.37. The highest BCUT2D eigenvalue weighted by atomic mass is 15.0. The van der Waals surface area contributed by atoms with E-state index >= 15 is 0 Å².